The number of phenols is 1. The van der Waals surface area contributed by atoms with Gasteiger partial charge in [-0.25, -0.2) is 14.2 Å². The second-order valence-corrected chi connectivity index (χ2v) is 9.21. The second-order valence-electron chi connectivity index (χ2n) is 9.21. The first-order valence-electron chi connectivity index (χ1n) is 11.3. The van der Waals surface area contributed by atoms with Crippen LogP contribution in [0.15, 0.2) is 16.9 Å². The molecular weight excluding hydrogens is 441 g/mol. The number of ether oxygens (including phenoxy) is 1. The zero-order chi connectivity index (χ0) is 24.5. The van der Waals surface area contributed by atoms with Crippen molar-refractivity contribution in [1.29, 1.82) is 0 Å². The summed E-state index contributed by atoms with van der Waals surface area (Å²) in [5.41, 5.74) is 0.461. The van der Waals surface area contributed by atoms with E-state index in [0.29, 0.717) is 29.7 Å². The number of fused-ring (bicyclic) bond motifs is 5. The van der Waals surface area contributed by atoms with Crippen LogP contribution < -0.4 is 5.56 Å². The highest BCUT2D eigenvalue weighted by molar-refractivity contribution is 5.93. The van der Waals surface area contributed by atoms with Crippen molar-refractivity contribution in [3.8, 4) is 17.1 Å². The molecule has 2 N–H and O–H groups in total. The smallest absolute Gasteiger partial charge is 0.343 e. The van der Waals surface area contributed by atoms with Crippen molar-refractivity contribution >= 4 is 16.9 Å². The molecule has 0 saturated heterocycles. The van der Waals surface area contributed by atoms with E-state index < -0.39 is 22.9 Å². The van der Waals surface area contributed by atoms with Crippen LogP contribution >= 0.6 is 0 Å². The molecule has 8 nitrogen and oxygen atoms in total. The number of aromatic nitrogens is 2. The first-order valence-corrected chi connectivity index (χ1v) is 11.3. The predicted octanol–water partition coefficient (Wildman–Crippen LogP) is 2.55. The molecule has 9 heteroatoms. The van der Waals surface area contributed by atoms with Crippen molar-refractivity contribution in [2.45, 2.75) is 52.0 Å². The summed E-state index contributed by atoms with van der Waals surface area (Å²) in [6.07, 6.45) is 0.595. The standard InChI is InChI=1S/C25H26FN3O5/c1-5-12-7-13(9-28(3)4)22(30)18-19(26)14-10-29-17(21(14)27-20(12)18)8-16-15(23(29)31)11-34-24(32)25(16,33)6-2/h7-8,30,33H,5-6,9-11H2,1-4H3/t25-/m0/s1. The van der Waals surface area contributed by atoms with Gasteiger partial charge in [0.15, 0.2) is 5.60 Å². The van der Waals surface area contributed by atoms with Gasteiger partial charge < -0.3 is 24.4 Å². The van der Waals surface area contributed by atoms with Crippen LogP contribution in [0.2, 0.25) is 0 Å². The Bertz CT molecular complexity index is 1450. The summed E-state index contributed by atoms with van der Waals surface area (Å²) in [6, 6.07) is 3.38. The van der Waals surface area contributed by atoms with E-state index in [1.807, 2.05) is 32.0 Å². The molecule has 3 aromatic rings. The Hall–Kier alpha value is -3.30. The summed E-state index contributed by atoms with van der Waals surface area (Å²) >= 11 is 0. The van der Waals surface area contributed by atoms with Crippen LogP contribution in [0.5, 0.6) is 5.75 Å². The number of aromatic hydroxyl groups is 1. The molecule has 0 bridgehead atoms. The number of aryl methyl sites for hydroxylation is 1. The highest BCUT2D eigenvalue weighted by Gasteiger charge is 2.45. The van der Waals surface area contributed by atoms with Gasteiger partial charge in [-0.1, -0.05) is 13.8 Å². The minimum Gasteiger partial charge on any atom is -0.507 e. The van der Waals surface area contributed by atoms with E-state index in [4.69, 9.17) is 9.72 Å². The zero-order valence-corrected chi connectivity index (χ0v) is 19.5. The molecule has 0 spiro atoms. The number of nitrogens with zero attached hydrogens (tertiary/aromatic N) is 3. The number of rotatable bonds is 4. The quantitative estimate of drug-likeness (QED) is 0.445. The lowest BCUT2D eigenvalue weighted by atomic mass is 9.86. The first kappa shape index (κ1) is 22.5. The number of esters is 1. The second kappa shape index (κ2) is 7.61. The van der Waals surface area contributed by atoms with Gasteiger partial charge in [-0.2, -0.15) is 0 Å². The van der Waals surface area contributed by atoms with E-state index in [2.05, 4.69) is 0 Å². The number of carbonyl (C=O) groups excluding carboxylic acids is 1. The van der Waals surface area contributed by atoms with Gasteiger partial charge in [0.1, 0.15) is 18.2 Å². The summed E-state index contributed by atoms with van der Waals surface area (Å²) in [7, 11) is 3.73. The minimum atomic E-state index is -1.95. The lowest BCUT2D eigenvalue weighted by Crippen LogP contribution is -2.44. The van der Waals surface area contributed by atoms with Gasteiger partial charge in [-0.05, 0) is 44.6 Å². The number of pyridine rings is 2. The molecule has 0 amide bonds. The number of cyclic esters (lactones) is 1. The van der Waals surface area contributed by atoms with Crippen LogP contribution in [0, 0.1) is 5.82 Å². The van der Waals surface area contributed by atoms with Crippen molar-refractivity contribution in [2.75, 3.05) is 14.1 Å². The first-order chi connectivity index (χ1) is 16.1. The number of halogens is 1. The molecule has 1 aromatic carbocycles. The van der Waals surface area contributed by atoms with Crippen LogP contribution in [0.4, 0.5) is 4.39 Å². The fraction of sp³-hybridized carbons (Fsp3) is 0.400. The van der Waals surface area contributed by atoms with Crippen LogP contribution in [-0.4, -0.2) is 44.7 Å². The van der Waals surface area contributed by atoms with E-state index in [9.17, 15) is 19.8 Å². The molecule has 1 atom stereocenters. The van der Waals surface area contributed by atoms with Gasteiger partial charge in [0.25, 0.3) is 5.56 Å². The third-order valence-electron chi connectivity index (χ3n) is 6.89. The Kier molecular flexibility index (Phi) is 5.03. The molecule has 0 unspecified atom stereocenters. The third-order valence-corrected chi connectivity index (χ3v) is 6.89. The molecule has 4 heterocycles. The van der Waals surface area contributed by atoms with Crippen LogP contribution in [0.1, 0.15) is 48.1 Å². The summed E-state index contributed by atoms with van der Waals surface area (Å²) in [5.74, 6) is -1.59. The van der Waals surface area contributed by atoms with Crippen LogP contribution in [0.25, 0.3) is 22.3 Å². The summed E-state index contributed by atoms with van der Waals surface area (Å²) in [5, 5.41) is 22.0. The number of phenolic OH excluding ortho intramolecular Hbond substituents is 1. The van der Waals surface area contributed by atoms with Gasteiger partial charge >= 0.3 is 5.97 Å². The van der Waals surface area contributed by atoms with Crippen molar-refractivity contribution in [1.82, 2.24) is 14.5 Å². The number of carbonyl (C=O) groups is 1. The van der Waals surface area contributed by atoms with Gasteiger partial charge in [0.05, 0.1) is 34.4 Å². The third kappa shape index (κ3) is 2.93. The Balaban J connectivity index is 1.81. The zero-order valence-electron chi connectivity index (χ0n) is 19.5. The summed E-state index contributed by atoms with van der Waals surface area (Å²) in [4.78, 5) is 32.3. The monoisotopic (exact) mass is 467 g/mol. The lowest BCUT2D eigenvalue weighted by molar-refractivity contribution is -0.172. The molecule has 0 aliphatic carbocycles. The Morgan fingerprint density at radius 1 is 1.21 bits per heavy atom. The molecule has 0 radical (unpaired) electrons. The van der Waals surface area contributed by atoms with Crippen LogP contribution in [-0.2, 0) is 41.2 Å². The maximum atomic E-state index is 16.0. The molecule has 34 heavy (non-hydrogen) atoms. The fourth-order valence-corrected chi connectivity index (χ4v) is 5.05. The van der Waals surface area contributed by atoms with E-state index in [0.717, 1.165) is 5.56 Å². The lowest BCUT2D eigenvalue weighted by Gasteiger charge is -2.31. The number of hydrogen-bond donors (Lipinski definition) is 2. The van der Waals surface area contributed by atoms with E-state index in [1.54, 1.807) is 13.0 Å². The van der Waals surface area contributed by atoms with Crippen molar-refractivity contribution in [3.63, 3.8) is 0 Å². The topological polar surface area (TPSA) is 105 Å². The molecule has 178 valence electrons. The molecule has 2 aliphatic rings. The molecule has 5 rings (SSSR count). The Morgan fingerprint density at radius 3 is 2.59 bits per heavy atom. The SMILES string of the molecule is CCc1cc(CN(C)C)c(O)c2c(F)c3c(nc12)-c1cc2c(c(=O)n1C3)COC(=O)[C@]2(O)CC. The highest BCUT2D eigenvalue weighted by atomic mass is 19.1. The van der Waals surface area contributed by atoms with Gasteiger partial charge in [0, 0.05) is 23.2 Å². The molecule has 2 aromatic heterocycles. The number of hydrogen-bond acceptors (Lipinski definition) is 7. The maximum Gasteiger partial charge on any atom is 0.343 e. The predicted molar refractivity (Wildman–Crippen MR) is 123 cm³/mol. The Morgan fingerprint density at radius 2 is 1.94 bits per heavy atom. The van der Waals surface area contributed by atoms with Crippen LogP contribution in [0.3, 0.4) is 0 Å². The largest absolute Gasteiger partial charge is 0.507 e. The number of benzene rings is 1. The molecule has 0 saturated carbocycles. The van der Waals surface area contributed by atoms with E-state index in [1.165, 1.54) is 4.57 Å². The van der Waals surface area contributed by atoms with Crippen molar-refractivity contribution < 1.29 is 24.1 Å². The van der Waals surface area contributed by atoms with Gasteiger partial charge in [-0.15, -0.1) is 0 Å². The summed E-state index contributed by atoms with van der Waals surface area (Å²) in [6.45, 7) is 3.67. The summed E-state index contributed by atoms with van der Waals surface area (Å²) < 4.78 is 22.4. The molecular formula is C25H26FN3O5. The van der Waals surface area contributed by atoms with Gasteiger partial charge in [0.2, 0.25) is 0 Å². The fourth-order valence-electron chi connectivity index (χ4n) is 5.05. The maximum absolute atomic E-state index is 16.0. The highest BCUT2D eigenvalue weighted by Crippen LogP contribution is 2.42. The molecule has 0 fully saturated rings. The Labute approximate surface area is 195 Å². The normalized spacial score (nSPS) is 18.7. The van der Waals surface area contributed by atoms with E-state index in [-0.39, 0.29) is 53.1 Å². The number of aliphatic hydroxyl groups is 1. The van der Waals surface area contributed by atoms with E-state index >= 15 is 4.39 Å². The average molecular weight is 467 g/mol. The van der Waals surface area contributed by atoms with Crippen molar-refractivity contribution in [3.05, 3.63) is 56.1 Å². The van der Waals surface area contributed by atoms with Gasteiger partial charge in [-0.3, -0.25) is 4.79 Å². The van der Waals surface area contributed by atoms with Crippen molar-refractivity contribution in [2.24, 2.45) is 0 Å². The average Bonchev–Trinajstić information content (AvgIpc) is 3.17. The minimum absolute atomic E-state index is 0.0244. The molecule has 2 aliphatic heterocycles.